The van der Waals surface area contributed by atoms with Crippen molar-refractivity contribution >= 4 is 17.3 Å². The highest BCUT2D eigenvalue weighted by molar-refractivity contribution is 7.10. The molecule has 1 aromatic carbocycles. The molecule has 2 aromatic rings. The van der Waals surface area contributed by atoms with Crippen LogP contribution in [0.3, 0.4) is 0 Å². The van der Waals surface area contributed by atoms with Gasteiger partial charge in [0.1, 0.15) is 0 Å². The number of nitrogens with zero attached hydrogens (tertiary/aromatic N) is 1. The molecule has 0 fully saturated rings. The van der Waals surface area contributed by atoms with Crippen LogP contribution in [0.5, 0.6) is 0 Å². The molecule has 4 heteroatoms. The molecule has 0 amide bonds. The number of thiophene rings is 1. The van der Waals surface area contributed by atoms with E-state index < -0.39 is 0 Å². The Hall–Kier alpha value is -1.65. The van der Waals surface area contributed by atoms with E-state index in [4.69, 9.17) is 4.74 Å². The zero-order chi connectivity index (χ0) is 14.4. The van der Waals surface area contributed by atoms with Crippen molar-refractivity contribution in [1.29, 1.82) is 0 Å². The van der Waals surface area contributed by atoms with Crippen molar-refractivity contribution in [1.82, 2.24) is 4.90 Å². The summed E-state index contributed by atoms with van der Waals surface area (Å²) in [6, 6.07) is 14.4. The monoisotopic (exact) mass is 289 g/mol. The summed E-state index contributed by atoms with van der Waals surface area (Å²) in [5.74, 6) is -0.188. The van der Waals surface area contributed by atoms with Crippen molar-refractivity contribution in [3.05, 3.63) is 58.3 Å². The Morgan fingerprint density at radius 3 is 2.60 bits per heavy atom. The van der Waals surface area contributed by atoms with Gasteiger partial charge in [0.25, 0.3) is 0 Å². The lowest BCUT2D eigenvalue weighted by Gasteiger charge is -2.26. The number of carbonyl (C=O) groups excluding carboxylic acids is 1. The van der Waals surface area contributed by atoms with E-state index in [1.54, 1.807) is 11.3 Å². The third-order valence-corrected chi connectivity index (χ3v) is 3.98. The third-order valence-electron chi connectivity index (χ3n) is 3.05. The van der Waals surface area contributed by atoms with Crippen molar-refractivity contribution in [2.75, 3.05) is 20.2 Å². The summed E-state index contributed by atoms with van der Waals surface area (Å²) in [7, 11) is 1.95. The van der Waals surface area contributed by atoms with Crippen LogP contribution in [0.15, 0.2) is 47.8 Å². The zero-order valence-corrected chi connectivity index (χ0v) is 12.6. The lowest BCUT2D eigenvalue weighted by Crippen LogP contribution is -2.31. The maximum absolute atomic E-state index is 11.7. The van der Waals surface area contributed by atoms with Crippen LogP contribution >= 0.6 is 11.3 Å². The first-order valence-electron chi connectivity index (χ1n) is 6.66. The van der Waals surface area contributed by atoms with Crippen LogP contribution in [0.4, 0.5) is 0 Å². The van der Waals surface area contributed by atoms with E-state index in [-0.39, 0.29) is 18.6 Å². The Morgan fingerprint density at radius 2 is 2.00 bits per heavy atom. The Balaban J connectivity index is 2.21. The number of ether oxygens (including phenoxy) is 1. The molecule has 0 spiro atoms. The second-order valence-electron chi connectivity index (χ2n) is 4.55. The maximum Gasteiger partial charge on any atom is 0.320 e. The summed E-state index contributed by atoms with van der Waals surface area (Å²) < 4.78 is 5.04. The number of esters is 1. The summed E-state index contributed by atoms with van der Waals surface area (Å²) in [5.41, 5.74) is 1.18. The molecule has 1 unspecified atom stereocenters. The average Bonchev–Trinajstić information content (AvgIpc) is 2.94. The van der Waals surface area contributed by atoms with Crippen molar-refractivity contribution in [2.24, 2.45) is 0 Å². The molecule has 0 bridgehead atoms. The van der Waals surface area contributed by atoms with Crippen LogP contribution in [0, 0.1) is 0 Å². The number of rotatable bonds is 6. The Kier molecular flexibility index (Phi) is 5.32. The molecule has 1 heterocycles. The van der Waals surface area contributed by atoms with Gasteiger partial charge in [-0.1, -0.05) is 36.4 Å². The molecule has 0 saturated heterocycles. The summed E-state index contributed by atoms with van der Waals surface area (Å²) in [5, 5.41) is 2.06. The van der Waals surface area contributed by atoms with Gasteiger partial charge >= 0.3 is 5.97 Å². The number of carbonyl (C=O) groups is 1. The van der Waals surface area contributed by atoms with Gasteiger partial charge in [0.2, 0.25) is 0 Å². The van der Waals surface area contributed by atoms with Gasteiger partial charge in [-0.15, -0.1) is 11.3 Å². The number of hydrogen-bond acceptors (Lipinski definition) is 4. The lowest BCUT2D eigenvalue weighted by molar-refractivity contribution is -0.144. The van der Waals surface area contributed by atoms with E-state index in [0.29, 0.717) is 6.61 Å². The van der Waals surface area contributed by atoms with Crippen LogP contribution < -0.4 is 0 Å². The molecule has 0 radical (unpaired) electrons. The fourth-order valence-corrected chi connectivity index (χ4v) is 3.14. The van der Waals surface area contributed by atoms with Crippen LogP contribution in [0.2, 0.25) is 0 Å². The van der Waals surface area contributed by atoms with Crippen LogP contribution in [0.1, 0.15) is 23.4 Å². The first-order valence-corrected chi connectivity index (χ1v) is 7.54. The largest absolute Gasteiger partial charge is 0.465 e. The minimum Gasteiger partial charge on any atom is -0.465 e. The molecule has 2 rings (SSSR count). The molecule has 0 saturated carbocycles. The molecule has 20 heavy (non-hydrogen) atoms. The zero-order valence-electron chi connectivity index (χ0n) is 11.8. The van der Waals surface area contributed by atoms with Gasteiger partial charge in [0.05, 0.1) is 19.2 Å². The molecule has 0 aliphatic carbocycles. The normalized spacial score (nSPS) is 12.3. The molecule has 0 aliphatic heterocycles. The molecule has 1 aromatic heterocycles. The summed E-state index contributed by atoms with van der Waals surface area (Å²) in [6.07, 6.45) is 0. The Morgan fingerprint density at radius 1 is 1.25 bits per heavy atom. The SMILES string of the molecule is CCOC(=O)CN(C)C(c1ccccc1)c1cccs1. The summed E-state index contributed by atoms with van der Waals surface area (Å²) in [6.45, 7) is 2.53. The quantitative estimate of drug-likeness (QED) is 0.764. The first-order chi connectivity index (χ1) is 9.72. The topological polar surface area (TPSA) is 29.5 Å². The first kappa shape index (κ1) is 14.8. The molecule has 1 atom stereocenters. The highest BCUT2D eigenvalue weighted by Crippen LogP contribution is 2.30. The van der Waals surface area contributed by atoms with Gasteiger partial charge in [-0.3, -0.25) is 9.69 Å². The fraction of sp³-hybridized carbons (Fsp3) is 0.312. The van der Waals surface area contributed by atoms with E-state index in [1.807, 2.05) is 43.1 Å². The number of likely N-dealkylation sites (N-methyl/N-ethyl adjacent to an activating group) is 1. The highest BCUT2D eigenvalue weighted by atomic mass is 32.1. The van der Waals surface area contributed by atoms with Crippen LogP contribution in [-0.4, -0.2) is 31.1 Å². The average molecular weight is 289 g/mol. The van der Waals surface area contributed by atoms with Crippen LogP contribution in [-0.2, 0) is 9.53 Å². The maximum atomic E-state index is 11.7. The molecule has 106 valence electrons. The second kappa shape index (κ2) is 7.22. The lowest BCUT2D eigenvalue weighted by atomic mass is 10.0. The van der Waals surface area contributed by atoms with Gasteiger partial charge in [0, 0.05) is 4.88 Å². The molecule has 0 N–H and O–H groups in total. The predicted octanol–water partition coefficient (Wildman–Crippen LogP) is 3.33. The van der Waals surface area contributed by atoms with Crippen molar-refractivity contribution in [3.63, 3.8) is 0 Å². The Labute approximate surface area is 123 Å². The standard InChI is InChI=1S/C16H19NO2S/c1-3-19-15(18)12-17(2)16(14-10-7-11-20-14)13-8-5-4-6-9-13/h4-11,16H,3,12H2,1-2H3. The third kappa shape index (κ3) is 3.68. The van der Waals surface area contributed by atoms with Gasteiger partial charge in [-0.05, 0) is 31.0 Å². The molecular weight excluding hydrogens is 270 g/mol. The number of benzene rings is 1. The number of hydrogen-bond donors (Lipinski definition) is 0. The fourth-order valence-electron chi connectivity index (χ4n) is 2.22. The van der Waals surface area contributed by atoms with Crippen molar-refractivity contribution in [3.8, 4) is 0 Å². The molecule has 0 aliphatic rings. The van der Waals surface area contributed by atoms with Crippen molar-refractivity contribution in [2.45, 2.75) is 13.0 Å². The van der Waals surface area contributed by atoms with E-state index >= 15 is 0 Å². The van der Waals surface area contributed by atoms with E-state index in [0.717, 1.165) is 0 Å². The highest BCUT2D eigenvalue weighted by Gasteiger charge is 2.22. The van der Waals surface area contributed by atoms with Gasteiger partial charge < -0.3 is 4.74 Å². The second-order valence-corrected chi connectivity index (χ2v) is 5.53. The Bertz CT molecular complexity index is 525. The van der Waals surface area contributed by atoms with Gasteiger partial charge in [0.15, 0.2) is 0 Å². The molecule has 3 nitrogen and oxygen atoms in total. The summed E-state index contributed by atoms with van der Waals surface area (Å²) in [4.78, 5) is 15.0. The predicted molar refractivity (Wildman–Crippen MR) is 81.9 cm³/mol. The van der Waals surface area contributed by atoms with Gasteiger partial charge in [-0.25, -0.2) is 0 Å². The minimum absolute atomic E-state index is 0.0839. The smallest absolute Gasteiger partial charge is 0.320 e. The van der Waals surface area contributed by atoms with E-state index in [1.165, 1.54) is 10.4 Å². The summed E-state index contributed by atoms with van der Waals surface area (Å²) >= 11 is 1.70. The van der Waals surface area contributed by atoms with Crippen LogP contribution in [0.25, 0.3) is 0 Å². The minimum atomic E-state index is -0.188. The van der Waals surface area contributed by atoms with Crippen molar-refractivity contribution < 1.29 is 9.53 Å². The van der Waals surface area contributed by atoms with E-state index in [2.05, 4.69) is 23.6 Å². The van der Waals surface area contributed by atoms with E-state index in [9.17, 15) is 4.79 Å². The van der Waals surface area contributed by atoms with Gasteiger partial charge in [-0.2, -0.15) is 0 Å². The molecular formula is C16H19NO2S.